The van der Waals surface area contributed by atoms with Gasteiger partial charge in [-0.3, -0.25) is 14.6 Å². The molecule has 0 spiro atoms. The van der Waals surface area contributed by atoms with E-state index in [2.05, 4.69) is 10.3 Å². The fourth-order valence-corrected chi connectivity index (χ4v) is 4.78. The summed E-state index contributed by atoms with van der Waals surface area (Å²) in [5.41, 5.74) is 0.988. The van der Waals surface area contributed by atoms with Gasteiger partial charge in [-0.2, -0.15) is 0 Å². The van der Waals surface area contributed by atoms with Crippen molar-refractivity contribution in [3.63, 3.8) is 0 Å². The maximum absolute atomic E-state index is 12.6. The second-order valence-electron chi connectivity index (χ2n) is 8.53. The van der Waals surface area contributed by atoms with E-state index in [-0.39, 0.29) is 17.9 Å². The van der Waals surface area contributed by atoms with Crippen molar-refractivity contribution in [2.24, 2.45) is 17.8 Å². The Morgan fingerprint density at radius 2 is 2.21 bits per heavy atom. The van der Waals surface area contributed by atoms with E-state index in [0.717, 1.165) is 51.1 Å². The molecule has 1 unspecified atom stereocenters. The predicted molar refractivity (Wildman–Crippen MR) is 107 cm³/mol. The normalized spacial score (nSPS) is 28.9. The number of pyridine rings is 1. The molecular formula is C22H31N3O4. The van der Waals surface area contributed by atoms with E-state index in [1.807, 2.05) is 17.0 Å². The highest BCUT2D eigenvalue weighted by Crippen LogP contribution is 2.36. The van der Waals surface area contributed by atoms with Crippen molar-refractivity contribution < 1.29 is 19.1 Å². The number of aromatic nitrogens is 1. The first-order chi connectivity index (χ1) is 14.2. The zero-order valence-corrected chi connectivity index (χ0v) is 16.9. The summed E-state index contributed by atoms with van der Waals surface area (Å²) in [5, 5.41) is 2.96. The van der Waals surface area contributed by atoms with Gasteiger partial charge in [-0.15, -0.1) is 0 Å². The van der Waals surface area contributed by atoms with Crippen LogP contribution in [0.15, 0.2) is 24.5 Å². The van der Waals surface area contributed by atoms with Crippen molar-refractivity contribution >= 4 is 11.8 Å². The van der Waals surface area contributed by atoms with Crippen molar-refractivity contribution in [2.45, 2.75) is 44.8 Å². The number of hydrogen-bond donors (Lipinski definition) is 1. The standard InChI is InChI=1S/C22H31N3O4/c26-21(24-12-17-2-1-7-23-11-17)10-20-19-5-8-25(13-18(19)15-29-20)22(27)4-3-16-6-9-28-14-16/h1-2,7,11,16,18-20H,3-6,8-10,12-15H2,(H,24,26)/t16?,18-,19+,20+/m1/s1. The number of fused-ring (bicyclic) bond motifs is 1. The van der Waals surface area contributed by atoms with E-state index in [9.17, 15) is 9.59 Å². The molecule has 1 aromatic rings. The first-order valence-electron chi connectivity index (χ1n) is 10.8. The number of likely N-dealkylation sites (tertiary alicyclic amines) is 1. The SMILES string of the molecule is O=C(C[C@@H]1OC[C@H]2CN(C(=O)CCC3CCOC3)CC[C@@H]21)NCc1cccnc1. The number of carbonyl (C=O) groups is 2. The predicted octanol–water partition coefficient (Wildman–Crippen LogP) is 1.77. The van der Waals surface area contributed by atoms with Crippen molar-refractivity contribution in [3.8, 4) is 0 Å². The van der Waals surface area contributed by atoms with Gasteiger partial charge in [0, 0.05) is 57.6 Å². The molecule has 7 heteroatoms. The zero-order chi connectivity index (χ0) is 20.1. The Kier molecular flexibility index (Phi) is 6.77. The number of nitrogens with one attached hydrogen (secondary N) is 1. The van der Waals surface area contributed by atoms with Crippen LogP contribution in [0.1, 0.15) is 37.7 Å². The van der Waals surface area contributed by atoms with Crippen LogP contribution in [0.3, 0.4) is 0 Å². The molecule has 158 valence electrons. The summed E-state index contributed by atoms with van der Waals surface area (Å²) < 4.78 is 11.4. The summed E-state index contributed by atoms with van der Waals surface area (Å²) in [6.45, 7) is 4.31. The van der Waals surface area contributed by atoms with Crippen LogP contribution in [0, 0.1) is 17.8 Å². The molecule has 3 aliphatic rings. The molecule has 1 aromatic heterocycles. The van der Waals surface area contributed by atoms with E-state index in [0.29, 0.717) is 43.7 Å². The van der Waals surface area contributed by atoms with Crippen molar-refractivity contribution in [1.82, 2.24) is 15.2 Å². The minimum atomic E-state index is -0.0400. The van der Waals surface area contributed by atoms with Gasteiger partial charge in [0.05, 0.1) is 19.1 Å². The highest BCUT2D eigenvalue weighted by atomic mass is 16.5. The second kappa shape index (κ2) is 9.67. The smallest absolute Gasteiger partial charge is 0.222 e. The third-order valence-corrected chi connectivity index (χ3v) is 6.54. The molecule has 0 bridgehead atoms. The Labute approximate surface area is 172 Å². The summed E-state index contributed by atoms with van der Waals surface area (Å²) in [6.07, 6.45) is 7.37. The first kappa shape index (κ1) is 20.3. The van der Waals surface area contributed by atoms with Gasteiger partial charge in [0.2, 0.25) is 11.8 Å². The minimum absolute atomic E-state index is 0.0109. The molecule has 0 aliphatic carbocycles. The maximum Gasteiger partial charge on any atom is 0.222 e. The zero-order valence-electron chi connectivity index (χ0n) is 16.9. The van der Waals surface area contributed by atoms with Crippen LogP contribution >= 0.6 is 0 Å². The molecule has 4 atom stereocenters. The summed E-state index contributed by atoms with van der Waals surface area (Å²) >= 11 is 0. The highest BCUT2D eigenvalue weighted by Gasteiger charge is 2.42. The lowest BCUT2D eigenvalue weighted by atomic mass is 9.83. The molecule has 3 aliphatic heterocycles. The van der Waals surface area contributed by atoms with Crippen LogP contribution in [0.2, 0.25) is 0 Å². The fraction of sp³-hybridized carbons (Fsp3) is 0.682. The third kappa shape index (κ3) is 5.34. The van der Waals surface area contributed by atoms with Gasteiger partial charge in [0.25, 0.3) is 0 Å². The number of hydrogen-bond acceptors (Lipinski definition) is 5. The van der Waals surface area contributed by atoms with E-state index < -0.39 is 0 Å². The maximum atomic E-state index is 12.6. The molecule has 0 radical (unpaired) electrons. The average Bonchev–Trinajstić information content (AvgIpc) is 3.41. The Morgan fingerprint density at radius 1 is 1.28 bits per heavy atom. The fourth-order valence-electron chi connectivity index (χ4n) is 4.78. The van der Waals surface area contributed by atoms with Crippen molar-refractivity contribution in [1.29, 1.82) is 0 Å². The Balaban J connectivity index is 1.20. The quantitative estimate of drug-likeness (QED) is 0.753. The number of rotatable bonds is 7. The molecule has 2 amide bonds. The van der Waals surface area contributed by atoms with Gasteiger partial charge in [-0.1, -0.05) is 6.07 Å². The third-order valence-electron chi connectivity index (χ3n) is 6.54. The van der Waals surface area contributed by atoms with Crippen LogP contribution in [0.4, 0.5) is 0 Å². The van der Waals surface area contributed by atoms with Crippen LogP contribution in [-0.2, 0) is 25.6 Å². The number of carbonyl (C=O) groups excluding carboxylic acids is 2. The van der Waals surface area contributed by atoms with E-state index >= 15 is 0 Å². The number of ether oxygens (including phenoxy) is 2. The molecular weight excluding hydrogens is 370 g/mol. The van der Waals surface area contributed by atoms with E-state index in [1.54, 1.807) is 12.4 Å². The second-order valence-corrected chi connectivity index (χ2v) is 8.53. The van der Waals surface area contributed by atoms with Gasteiger partial charge in [-0.25, -0.2) is 0 Å². The van der Waals surface area contributed by atoms with Crippen LogP contribution in [0.25, 0.3) is 0 Å². The average molecular weight is 402 g/mol. The first-order valence-corrected chi connectivity index (χ1v) is 10.8. The molecule has 29 heavy (non-hydrogen) atoms. The molecule has 7 nitrogen and oxygen atoms in total. The molecule has 0 aromatic carbocycles. The molecule has 4 heterocycles. The summed E-state index contributed by atoms with van der Waals surface area (Å²) in [7, 11) is 0. The van der Waals surface area contributed by atoms with Gasteiger partial charge in [-0.05, 0) is 42.7 Å². The van der Waals surface area contributed by atoms with Crippen LogP contribution in [-0.4, -0.2) is 60.7 Å². The number of nitrogens with zero attached hydrogens (tertiary/aromatic N) is 2. The van der Waals surface area contributed by atoms with Gasteiger partial charge in [0.15, 0.2) is 0 Å². The van der Waals surface area contributed by atoms with E-state index in [1.165, 1.54) is 0 Å². The highest BCUT2D eigenvalue weighted by molar-refractivity contribution is 5.77. The number of piperidine rings is 1. The molecule has 0 saturated carbocycles. The van der Waals surface area contributed by atoms with Gasteiger partial charge < -0.3 is 19.7 Å². The molecule has 1 N–H and O–H groups in total. The minimum Gasteiger partial charge on any atom is -0.381 e. The largest absolute Gasteiger partial charge is 0.381 e. The van der Waals surface area contributed by atoms with Crippen molar-refractivity contribution in [2.75, 3.05) is 32.9 Å². The summed E-state index contributed by atoms with van der Waals surface area (Å²) in [5.74, 6) is 1.52. The van der Waals surface area contributed by atoms with Gasteiger partial charge in [0.1, 0.15) is 0 Å². The Morgan fingerprint density at radius 3 is 3.00 bits per heavy atom. The monoisotopic (exact) mass is 401 g/mol. The lowest BCUT2D eigenvalue weighted by molar-refractivity contribution is -0.134. The van der Waals surface area contributed by atoms with Crippen LogP contribution in [0.5, 0.6) is 0 Å². The number of amides is 2. The topological polar surface area (TPSA) is 80.8 Å². The Hall–Kier alpha value is -1.99. The molecule has 3 fully saturated rings. The van der Waals surface area contributed by atoms with Crippen LogP contribution < -0.4 is 5.32 Å². The van der Waals surface area contributed by atoms with E-state index in [4.69, 9.17) is 9.47 Å². The molecule has 3 saturated heterocycles. The Bertz CT molecular complexity index is 693. The summed E-state index contributed by atoms with van der Waals surface area (Å²) in [4.78, 5) is 31.0. The van der Waals surface area contributed by atoms with Crippen molar-refractivity contribution in [3.05, 3.63) is 30.1 Å². The lowest BCUT2D eigenvalue weighted by Crippen LogP contribution is -2.45. The lowest BCUT2D eigenvalue weighted by Gasteiger charge is -2.35. The van der Waals surface area contributed by atoms with Gasteiger partial charge >= 0.3 is 0 Å². The molecule has 4 rings (SSSR count). The summed E-state index contributed by atoms with van der Waals surface area (Å²) in [6, 6.07) is 3.81.